The van der Waals surface area contributed by atoms with Crippen molar-refractivity contribution in [1.29, 1.82) is 0 Å². The minimum atomic E-state index is -4.24. The maximum Gasteiger partial charge on any atom is 0.472 e. The maximum atomic E-state index is 12.3. The van der Waals surface area contributed by atoms with Crippen LogP contribution in [0.3, 0.4) is 0 Å². The van der Waals surface area contributed by atoms with E-state index in [-0.39, 0.29) is 19.0 Å². The van der Waals surface area contributed by atoms with Gasteiger partial charge < -0.3 is 14.4 Å². The first-order chi connectivity index (χ1) is 18.8. The van der Waals surface area contributed by atoms with Crippen molar-refractivity contribution in [1.82, 2.24) is 0 Å². The Morgan fingerprint density at radius 1 is 0.615 bits per heavy atom. The van der Waals surface area contributed by atoms with Crippen LogP contribution in [0.5, 0.6) is 0 Å². The Bertz CT molecular complexity index is 628. The second-order valence-corrected chi connectivity index (χ2v) is 12.2. The molecule has 9 heteroatoms. The summed E-state index contributed by atoms with van der Waals surface area (Å²) in [5.74, 6) is -0.803. The molecule has 0 aromatic carbocycles. The van der Waals surface area contributed by atoms with E-state index in [1.54, 1.807) is 0 Å². The van der Waals surface area contributed by atoms with Crippen molar-refractivity contribution in [3.05, 3.63) is 0 Å². The third-order valence-corrected chi connectivity index (χ3v) is 7.79. The summed E-state index contributed by atoms with van der Waals surface area (Å²) in [5, 5.41) is 0. The van der Waals surface area contributed by atoms with Crippen LogP contribution in [0, 0.1) is 0 Å². The summed E-state index contributed by atoms with van der Waals surface area (Å²) >= 11 is 0. The van der Waals surface area contributed by atoms with Gasteiger partial charge in [-0.25, -0.2) is 4.57 Å². The lowest BCUT2D eigenvalue weighted by molar-refractivity contribution is -0.161. The van der Waals surface area contributed by atoms with Gasteiger partial charge in [-0.1, -0.05) is 129 Å². The lowest BCUT2D eigenvalue weighted by Gasteiger charge is -2.19. The Kier molecular flexibility index (Phi) is 26.6. The molecule has 0 aromatic heterocycles. The highest BCUT2D eigenvalue weighted by Crippen LogP contribution is 2.42. The smallest absolute Gasteiger partial charge is 0.462 e. The fourth-order valence-electron chi connectivity index (χ4n) is 4.36. The van der Waals surface area contributed by atoms with Crippen LogP contribution < -0.4 is 0 Å². The first kappa shape index (κ1) is 38.0. The van der Waals surface area contributed by atoms with Crippen LogP contribution in [0.25, 0.3) is 0 Å². The summed E-state index contributed by atoms with van der Waals surface area (Å²) in [7, 11) is -3.18. The summed E-state index contributed by atoms with van der Waals surface area (Å²) in [6.45, 7) is 3.83. The molecule has 0 saturated heterocycles. The second kappa shape index (κ2) is 27.2. The van der Waals surface area contributed by atoms with Crippen LogP contribution in [0.2, 0.25) is 0 Å². The van der Waals surface area contributed by atoms with Crippen LogP contribution in [0.4, 0.5) is 0 Å². The third-order valence-electron chi connectivity index (χ3n) is 6.85. The van der Waals surface area contributed by atoms with Gasteiger partial charge >= 0.3 is 19.8 Å². The third kappa shape index (κ3) is 27.0. The zero-order valence-corrected chi connectivity index (χ0v) is 26.2. The molecule has 0 bridgehead atoms. The molecule has 8 nitrogen and oxygen atoms in total. The van der Waals surface area contributed by atoms with Crippen molar-refractivity contribution in [2.75, 3.05) is 20.3 Å². The highest BCUT2D eigenvalue weighted by Gasteiger charge is 2.24. The molecule has 0 saturated carbocycles. The molecule has 0 aliphatic rings. The largest absolute Gasteiger partial charge is 0.472 e. The van der Waals surface area contributed by atoms with E-state index < -0.39 is 26.5 Å². The molecule has 0 heterocycles. The summed E-state index contributed by atoms with van der Waals surface area (Å²) in [6.07, 6.45) is 23.0. The summed E-state index contributed by atoms with van der Waals surface area (Å²) in [6, 6.07) is 0. The van der Waals surface area contributed by atoms with Crippen molar-refractivity contribution in [2.45, 2.75) is 161 Å². The molecular weight excluding hydrogens is 519 g/mol. The van der Waals surface area contributed by atoms with E-state index in [0.29, 0.717) is 6.42 Å². The highest BCUT2D eigenvalue weighted by molar-refractivity contribution is 7.47. The van der Waals surface area contributed by atoms with E-state index in [2.05, 4.69) is 18.4 Å². The molecule has 2 atom stereocenters. The standard InChI is InChI=1S/C30H59O8P/c1-4-6-8-10-12-14-15-17-18-20-22-24-29(31)36-26-28(27-37-39(33,34)35-3)38-30(32)25-23-21-19-16-13-11-9-7-5-2/h28H,4-27H2,1-3H3,(H,33,34)/t28-/m1/s1. The molecular formula is C30H59O8P. The second-order valence-electron chi connectivity index (χ2n) is 10.6. The molecule has 0 radical (unpaired) electrons. The number of rotatable bonds is 29. The quantitative estimate of drug-likeness (QED) is 0.0533. The van der Waals surface area contributed by atoms with Crippen LogP contribution >= 0.6 is 7.82 Å². The molecule has 0 rings (SSSR count). The number of esters is 2. The van der Waals surface area contributed by atoms with Gasteiger partial charge in [0.2, 0.25) is 0 Å². The first-order valence-electron chi connectivity index (χ1n) is 15.7. The predicted octanol–water partition coefficient (Wildman–Crippen LogP) is 8.83. The van der Waals surface area contributed by atoms with E-state index in [9.17, 15) is 19.0 Å². The monoisotopic (exact) mass is 578 g/mol. The summed E-state index contributed by atoms with van der Waals surface area (Å²) in [5.41, 5.74) is 0. The van der Waals surface area contributed by atoms with Gasteiger partial charge in [-0.15, -0.1) is 0 Å². The van der Waals surface area contributed by atoms with Gasteiger partial charge in [0.1, 0.15) is 6.61 Å². The summed E-state index contributed by atoms with van der Waals surface area (Å²) < 4.78 is 31.6. The van der Waals surface area contributed by atoms with Crippen molar-refractivity contribution in [3.8, 4) is 0 Å². The number of unbranched alkanes of at least 4 members (excludes halogenated alkanes) is 18. The average molecular weight is 579 g/mol. The number of phosphoric ester groups is 1. The van der Waals surface area contributed by atoms with Gasteiger partial charge in [-0.2, -0.15) is 0 Å². The summed E-state index contributed by atoms with van der Waals surface area (Å²) in [4.78, 5) is 34.0. The van der Waals surface area contributed by atoms with Crippen LogP contribution in [-0.2, 0) is 32.7 Å². The van der Waals surface area contributed by atoms with Gasteiger partial charge in [-0.05, 0) is 12.8 Å². The molecule has 232 valence electrons. The predicted molar refractivity (Wildman–Crippen MR) is 157 cm³/mol. The van der Waals surface area contributed by atoms with Gasteiger partial charge in [0.15, 0.2) is 6.10 Å². The molecule has 0 aromatic rings. The fraction of sp³-hybridized carbons (Fsp3) is 0.933. The van der Waals surface area contributed by atoms with E-state index in [0.717, 1.165) is 45.6 Å². The van der Waals surface area contributed by atoms with Gasteiger partial charge in [0, 0.05) is 20.0 Å². The first-order valence-corrected chi connectivity index (χ1v) is 17.2. The molecule has 1 unspecified atom stereocenters. The van der Waals surface area contributed by atoms with Gasteiger partial charge in [0.25, 0.3) is 0 Å². The lowest BCUT2D eigenvalue weighted by atomic mass is 10.1. The molecule has 0 aliphatic carbocycles. The number of phosphoric acid groups is 1. The van der Waals surface area contributed by atoms with E-state index in [1.807, 2.05) is 0 Å². The van der Waals surface area contributed by atoms with Gasteiger partial charge in [0.05, 0.1) is 6.61 Å². The maximum absolute atomic E-state index is 12.3. The van der Waals surface area contributed by atoms with Crippen LogP contribution in [-0.4, -0.2) is 43.3 Å². The van der Waals surface area contributed by atoms with Crippen molar-refractivity contribution < 1.29 is 37.6 Å². The average Bonchev–Trinajstić information content (AvgIpc) is 2.92. The normalized spacial score (nSPS) is 13.6. The Hall–Kier alpha value is -0.950. The minimum absolute atomic E-state index is 0.218. The van der Waals surface area contributed by atoms with Crippen molar-refractivity contribution >= 4 is 19.8 Å². The topological polar surface area (TPSA) is 108 Å². The molecule has 0 aliphatic heterocycles. The number of hydrogen-bond acceptors (Lipinski definition) is 7. The molecule has 0 amide bonds. The zero-order valence-electron chi connectivity index (χ0n) is 25.3. The SMILES string of the molecule is CCCCCCCCCCCCCC(=O)OC[C@H](COP(=O)(O)OC)OC(=O)CCCCCCCCCCC. The van der Waals surface area contributed by atoms with E-state index >= 15 is 0 Å². The van der Waals surface area contributed by atoms with Crippen molar-refractivity contribution in [3.63, 3.8) is 0 Å². The number of hydrogen-bond donors (Lipinski definition) is 1. The number of ether oxygens (including phenoxy) is 2. The van der Waals surface area contributed by atoms with Gasteiger partial charge in [-0.3, -0.25) is 18.6 Å². The lowest BCUT2D eigenvalue weighted by Crippen LogP contribution is -2.29. The number of carbonyl (C=O) groups is 2. The van der Waals surface area contributed by atoms with E-state index in [4.69, 9.17) is 14.0 Å². The van der Waals surface area contributed by atoms with Crippen molar-refractivity contribution in [2.24, 2.45) is 0 Å². The minimum Gasteiger partial charge on any atom is -0.462 e. The Morgan fingerprint density at radius 3 is 1.41 bits per heavy atom. The zero-order chi connectivity index (χ0) is 29.0. The molecule has 39 heavy (non-hydrogen) atoms. The Morgan fingerprint density at radius 2 is 1.00 bits per heavy atom. The van der Waals surface area contributed by atoms with Crippen LogP contribution in [0.15, 0.2) is 0 Å². The van der Waals surface area contributed by atoms with E-state index in [1.165, 1.54) is 89.9 Å². The Balaban J connectivity index is 4.13. The molecule has 0 fully saturated rings. The number of carbonyl (C=O) groups excluding carboxylic acids is 2. The highest BCUT2D eigenvalue weighted by atomic mass is 31.2. The fourth-order valence-corrected chi connectivity index (χ4v) is 4.82. The molecule has 0 spiro atoms. The Labute approximate surface area is 238 Å². The van der Waals surface area contributed by atoms with Crippen LogP contribution in [0.1, 0.15) is 155 Å². The molecule has 1 N–H and O–H groups in total.